The van der Waals surface area contributed by atoms with Crippen molar-refractivity contribution in [3.8, 4) is 11.5 Å². The molecule has 0 aliphatic heterocycles. The number of hydrogen-bond donors (Lipinski definition) is 1. The Balaban J connectivity index is 2.41. The molecule has 1 atom stereocenters. The zero-order chi connectivity index (χ0) is 15.0. The van der Waals surface area contributed by atoms with E-state index >= 15 is 0 Å². The van der Waals surface area contributed by atoms with E-state index < -0.39 is 6.04 Å². The number of rotatable bonds is 8. The second-order valence-electron chi connectivity index (χ2n) is 4.16. The summed E-state index contributed by atoms with van der Waals surface area (Å²) in [7, 11) is 4.57. The minimum absolute atomic E-state index is 0.364. The third-order valence-electron chi connectivity index (χ3n) is 2.79. The van der Waals surface area contributed by atoms with Gasteiger partial charge >= 0.3 is 5.97 Å². The minimum atomic E-state index is -0.544. The lowest BCUT2D eigenvalue weighted by atomic mass is 10.2. The lowest BCUT2D eigenvalue weighted by Gasteiger charge is -2.10. The van der Waals surface area contributed by atoms with Crippen LogP contribution in [0.2, 0.25) is 0 Å². The molecule has 1 aromatic carbocycles. The number of thioether (sulfide) groups is 1. The Hall–Kier alpha value is -1.40. The number of methoxy groups -OCH3 is 3. The minimum Gasteiger partial charge on any atom is -0.493 e. The van der Waals surface area contributed by atoms with Gasteiger partial charge in [0.05, 0.1) is 21.3 Å². The van der Waals surface area contributed by atoms with E-state index in [2.05, 4.69) is 4.74 Å². The largest absolute Gasteiger partial charge is 0.493 e. The summed E-state index contributed by atoms with van der Waals surface area (Å²) >= 11 is 1.71. The molecule has 6 heteroatoms. The van der Waals surface area contributed by atoms with E-state index in [4.69, 9.17) is 15.2 Å². The highest BCUT2D eigenvalue weighted by molar-refractivity contribution is 7.98. The molecule has 5 nitrogen and oxygen atoms in total. The van der Waals surface area contributed by atoms with E-state index in [0.29, 0.717) is 12.2 Å². The van der Waals surface area contributed by atoms with Crippen molar-refractivity contribution >= 4 is 17.7 Å². The monoisotopic (exact) mass is 299 g/mol. The number of nitrogens with two attached hydrogens (primary N) is 1. The lowest BCUT2D eigenvalue weighted by Crippen LogP contribution is -2.31. The van der Waals surface area contributed by atoms with Crippen LogP contribution in [0, 0.1) is 0 Å². The SMILES string of the molecule is COC(=O)C(N)CCSCc1ccc(OC)c(OC)c1. The molecule has 0 aromatic heterocycles. The summed E-state index contributed by atoms with van der Waals surface area (Å²) in [6.45, 7) is 0. The molecule has 112 valence electrons. The van der Waals surface area contributed by atoms with Crippen LogP contribution >= 0.6 is 11.8 Å². The predicted octanol–water partition coefficient (Wildman–Crippen LogP) is 1.83. The summed E-state index contributed by atoms with van der Waals surface area (Å²) in [5.41, 5.74) is 6.80. The number of carbonyl (C=O) groups excluding carboxylic acids is 1. The van der Waals surface area contributed by atoms with Crippen molar-refractivity contribution in [1.29, 1.82) is 0 Å². The average Bonchev–Trinajstić information content (AvgIpc) is 2.50. The highest BCUT2D eigenvalue weighted by atomic mass is 32.2. The van der Waals surface area contributed by atoms with Gasteiger partial charge in [-0.25, -0.2) is 0 Å². The Morgan fingerprint density at radius 3 is 2.55 bits per heavy atom. The predicted molar refractivity (Wildman–Crippen MR) is 80.3 cm³/mol. The van der Waals surface area contributed by atoms with Crippen LogP contribution in [0.3, 0.4) is 0 Å². The van der Waals surface area contributed by atoms with E-state index in [1.54, 1.807) is 26.0 Å². The van der Waals surface area contributed by atoms with Gasteiger partial charge in [0.15, 0.2) is 11.5 Å². The fourth-order valence-electron chi connectivity index (χ4n) is 1.64. The van der Waals surface area contributed by atoms with Crippen LogP contribution in [0.15, 0.2) is 18.2 Å². The first-order chi connectivity index (χ1) is 9.62. The van der Waals surface area contributed by atoms with Crippen molar-refractivity contribution < 1.29 is 19.0 Å². The van der Waals surface area contributed by atoms with Gasteiger partial charge in [-0.3, -0.25) is 4.79 Å². The summed E-state index contributed by atoms with van der Waals surface area (Å²) in [6.07, 6.45) is 0.602. The number of hydrogen-bond acceptors (Lipinski definition) is 6. The zero-order valence-corrected chi connectivity index (χ0v) is 12.9. The first kappa shape index (κ1) is 16.7. The summed E-state index contributed by atoms with van der Waals surface area (Å²) in [5, 5.41) is 0. The molecular formula is C14H21NO4S. The van der Waals surface area contributed by atoms with Crippen molar-refractivity contribution in [3.63, 3.8) is 0 Å². The summed E-state index contributed by atoms with van der Waals surface area (Å²) < 4.78 is 15.0. The summed E-state index contributed by atoms with van der Waals surface area (Å²) in [4.78, 5) is 11.1. The quantitative estimate of drug-likeness (QED) is 0.583. The maximum absolute atomic E-state index is 11.1. The van der Waals surface area contributed by atoms with Gasteiger partial charge in [0.1, 0.15) is 6.04 Å². The Kier molecular flexibility index (Phi) is 7.25. The Labute approximate surface area is 123 Å². The molecule has 1 unspecified atom stereocenters. The van der Waals surface area contributed by atoms with E-state index in [1.807, 2.05) is 18.2 Å². The summed E-state index contributed by atoms with van der Waals surface area (Å²) in [5.74, 6) is 2.70. The number of ether oxygens (including phenoxy) is 3. The third-order valence-corrected chi connectivity index (χ3v) is 3.86. The maximum Gasteiger partial charge on any atom is 0.322 e. The van der Waals surface area contributed by atoms with Crippen molar-refractivity contribution in [2.24, 2.45) is 5.73 Å². The third kappa shape index (κ3) is 4.94. The number of esters is 1. The van der Waals surface area contributed by atoms with Crippen LogP contribution in [0.5, 0.6) is 11.5 Å². The zero-order valence-electron chi connectivity index (χ0n) is 12.0. The normalized spacial score (nSPS) is 11.8. The fourth-order valence-corrected chi connectivity index (χ4v) is 2.62. The van der Waals surface area contributed by atoms with Gasteiger partial charge < -0.3 is 19.9 Å². The molecule has 1 rings (SSSR count). The van der Waals surface area contributed by atoms with Crippen molar-refractivity contribution in [3.05, 3.63) is 23.8 Å². The van der Waals surface area contributed by atoms with Crippen LogP contribution in [-0.2, 0) is 15.3 Å². The molecule has 1 aromatic rings. The van der Waals surface area contributed by atoms with Crippen molar-refractivity contribution in [2.45, 2.75) is 18.2 Å². The van der Waals surface area contributed by atoms with E-state index in [0.717, 1.165) is 22.8 Å². The lowest BCUT2D eigenvalue weighted by molar-refractivity contribution is -0.142. The molecule has 0 aliphatic carbocycles. The second-order valence-corrected chi connectivity index (χ2v) is 5.27. The summed E-state index contributed by atoms with van der Waals surface area (Å²) in [6, 6.07) is 5.29. The van der Waals surface area contributed by atoms with Crippen molar-refractivity contribution in [2.75, 3.05) is 27.1 Å². The van der Waals surface area contributed by atoms with Crippen LogP contribution in [0.1, 0.15) is 12.0 Å². The van der Waals surface area contributed by atoms with E-state index in [-0.39, 0.29) is 5.97 Å². The van der Waals surface area contributed by atoms with Crippen LogP contribution < -0.4 is 15.2 Å². The first-order valence-corrected chi connectivity index (χ1v) is 7.40. The average molecular weight is 299 g/mol. The Bertz CT molecular complexity index is 439. The van der Waals surface area contributed by atoms with Crippen LogP contribution in [0.4, 0.5) is 0 Å². The van der Waals surface area contributed by atoms with Gasteiger partial charge in [-0.15, -0.1) is 0 Å². The second kappa shape index (κ2) is 8.71. The van der Waals surface area contributed by atoms with Gasteiger partial charge in [-0.2, -0.15) is 11.8 Å². The number of carbonyl (C=O) groups is 1. The molecular weight excluding hydrogens is 278 g/mol. The topological polar surface area (TPSA) is 70.8 Å². The molecule has 0 saturated carbocycles. The molecule has 2 N–H and O–H groups in total. The molecule has 0 fully saturated rings. The molecule has 0 bridgehead atoms. The van der Waals surface area contributed by atoms with Crippen molar-refractivity contribution in [1.82, 2.24) is 0 Å². The van der Waals surface area contributed by atoms with Gasteiger partial charge in [0.2, 0.25) is 0 Å². The van der Waals surface area contributed by atoms with Crippen LogP contribution in [0.25, 0.3) is 0 Å². The fraction of sp³-hybridized carbons (Fsp3) is 0.500. The van der Waals surface area contributed by atoms with Gasteiger partial charge in [0, 0.05) is 5.75 Å². The molecule has 0 spiro atoms. The van der Waals surface area contributed by atoms with E-state index in [1.165, 1.54) is 7.11 Å². The first-order valence-electron chi connectivity index (χ1n) is 6.24. The molecule has 0 heterocycles. The molecule has 0 saturated heterocycles. The smallest absolute Gasteiger partial charge is 0.322 e. The molecule has 0 aliphatic rings. The Morgan fingerprint density at radius 1 is 1.25 bits per heavy atom. The highest BCUT2D eigenvalue weighted by Crippen LogP contribution is 2.29. The molecule has 0 amide bonds. The van der Waals surface area contributed by atoms with Gasteiger partial charge in [0.25, 0.3) is 0 Å². The van der Waals surface area contributed by atoms with E-state index in [9.17, 15) is 4.79 Å². The van der Waals surface area contributed by atoms with Gasteiger partial charge in [-0.05, 0) is 29.9 Å². The van der Waals surface area contributed by atoms with Crippen LogP contribution in [-0.4, -0.2) is 39.1 Å². The standard InChI is InChI=1S/C14H21NO4S/c1-17-12-5-4-10(8-13(12)18-2)9-20-7-6-11(15)14(16)19-3/h4-5,8,11H,6-7,9,15H2,1-3H3. The molecule has 0 radical (unpaired) electrons. The Morgan fingerprint density at radius 2 is 1.95 bits per heavy atom. The number of benzene rings is 1. The van der Waals surface area contributed by atoms with Gasteiger partial charge in [-0.1, -0.05) is 6.07 Å². The highest BCUT2D eigenvalue weighted by Gasteiger charge is 2.12. The maximum atomic E-state index is 11.1. The molecule has 20 heavy (non-hydrogen) atoms.